The average molecular weight is 261 g/mol. The van der Waals surface area contributed by atoms with Crippen LogP contribution in [0.3, 0.4) is 0 Å². The SMILES string of the molecule is C#CC#Cc1ccc(C)cc1.NC(=O)c1ccccc1. The van der Waals surface area contributed by atoms with Gasteiger partial charge in [0.25, 0.3) is 0 Å². The van der Waals surface area contributed by atoms with Gasteiger partial charge in [0.15, 0.2) is 0 Å². The highest BCUT2D eigenvalue weighted by Crippen LogP contribution is 2.00. The van der Waals surface area contributed by atoms with Crippen molar-refractivity contribution < 1.29 is 4.79 Å². The van der Waals surface area contributed by atoms with Gasteiger partial charge in [-0.3, -0.25) is 4.79 Å². The second-order valence-electron chi connectivity index (χ2n) is 3.99. The lowest BCUT2D eigenvalue weighted by Crippen LogP contribution is -2.09. The summed E-state index contributed by atoms with van der Waals surface area (Å²) < 4.78 is 0. The van der Waals surface area contributed by atoms with E-state index in [0.29, 0.717) is 5.56 Å². The van der Waals surface area contributed by atoms with Crippen molar-refractivity contribution >= 4 is 5.91 Å². The second kappa shape index (κ2) is 8.19. The molecule has 0 saturated heterocycles. The van der Waals surface area contributed by atoms with Crippen LogP contribution in [0.15, 0.2) is 54.6 Å². The van der Waals surface area contributed by atoms with Crippen LogP contribution in [0.1, 0.15) is 21.5 Å². The molecule has 0 aliphatic heterocycles. The van der Waals surface area contributed by atoms with Crippen LogP contribution in [0.5, 0.6) is 0 Å². The molecule has 0 spiro atoms. The van der Waals surface area contributed by atoms with E-state index >= 15 is 0 Å². The molecule has 2 heteroatoms. The molecule has 0 unspecified atom stereocenters. The molecule has 0 fully saturated rings. The Bertz CT molecular complexity index is 653. The fraction of sp³-hybridized carbons (Fsp3) is 0.0556. The lowest BCUT2D eigenvalue weighted by atomic mass is 10.2. The summed E-state index contributed by atoms with van der Waals surface area (Å²) >= 11 is 0. The van der Waals surface area contributed by atoms with Crippen LogP contribution >= 0.6 is 0 Å². The summed E-state index contributed by atoms with van der Waals surface area (Å²) in [5.41, 5.74) is 7.73. The van der Waals surface area contributed by atoms with Crippen LogP contribution in [-0.2, 0) is 0 Å². The summed E-state index contributed by atoms with van der Waals surface area (Å²) in [6.45, 7) is 2.04. The summed E-state index contributed by atoms with van der Waals surface area (Å²) in [7, 11) is 0. The maximum atomic E-state index is 10.4. The summed E-state index contributed by atoms with van der Waals surface area (Å²) in [5, 5.41) is 0. The van der Waals surface area contributed by atoms with Gasteiger partial charge in [-0.2, -0.15) is 0 Å². The molecule has 2 aromatic carbocycles. The Hall–Kier alpha value is -2.97. The number of nitrogens with two attached hydrogens (primary N) is 1. The Balaban J connectivity index is 0.000000204. The highest BCUT2D eigenvalue weighted by atomic mass is 16.1. The zero-order valence-electron chi connectivity index (χ0n) is 11.3. The number of amides is 1. The molecule has 0 atom stereocenters. The van der Waals surface area contributed by atoms with Gasteiger partial charge >= 0.3 is 0 Å². The molecule has 0 aromatic heterocycles. The third-order valence-corrected chi connectivity index (χ3v) is 2.39. The van der Waals surface area contributed by atoms with Crippen LogP contribution in [0, 0.1) is 31.1 Å². The standard InChI is InChI=1S/C11H8.C7H7NO/c1-3-4-5-11-8-6-10(2)7-9-11;8-7(9)6-4-2-1-3-5-6/h1,6-9H,2H3;1-5H,(H2,8,9). The molecule has 1 amide bonds. The molecule has 98 valence electrons. The fourth-order valence-electron chi connectivity index (χ4n) is 1.35. The van der Waals surface area contributed by atoms with Crippen LogP contribution in [-0.4, -0.2) is 5.91 Å². The van der Waals surface area contributed by atoms with Crippen molar-refractivity contribution in [3.05, 3.63) is 71.3 Å². The van der Waals surface area contributed by atoms with Crippen LogP contribution in [0.25, 0.3) is 0 Å². The normalized spacial score (nSPS) is 8.20. The molecule has 2 nitrogen and oxygen atoms in total. The van der Waals surface area contributed by atoms with Gasteiger partial charge in [-0.15, -0.1) is 6.42 Å². The molecule has 0 heterocycles. The largest absolute Gasteiger partial charge is 0.366 e. The molecule has 0 aliphatic rings. The quantitative estimate of drug-likeness (QED) is 0.788. The van der Waals surface area contributed by atoms with Gasteiger partial charge in [0.2, 0.25) is 5.91 Å². The zero-order valence-corrected chi connectivity index (χ0v) is 11.3. The van der Waals surface area contributed by atoms with Crippen molar-refractivity contribution in [1.29, 1.82) is 0 Å². The van der Waals surface area contributed by atoms with Crippen molar-refractivity contribution in [2.24, 2.45) is 5.73 Å². The smallest absolute Gasteiger partial charge is 0.248 e. The van der Waals surface area contributed by atoms with E-state index in [1.54, 1.807) is 24.3 Å². The second-order valence-corrected chi connectivity index (χ2v) is 3.99. The highest BCUT2D eigenvalue weighted by molar-refractivity contribution is 5.92. The van der Waals surface area contributed by atoms with Gasteiger partial charge in [0.1, 0.15) is 0 Å². The third-order valence-electron chi connectivity index (χ3n) is 2.39. The predicted octanol–water partition coefficient (Wildman–Crippen LogP) is 2.77. The Morgan fingerprint density at radius 3 is 2.10 bits per heavy atom. The Morgan fingerprint density at radius 2 is 1.65 bits per heavy atom. The Kier molecular flexibility index (Phi) is 6.18. The number of rotatable bonds is 1. The van der Waals surface area contributed by atoms with Crippen molar-refractivity contribution in [3.8, 4) is 24.2 Å². The lowest BCUT2D eigenvalue weighted by molar-refractivity contribution is 0.100. The molecule has 0 saturated carbocycles. The first-order chi connectivity index (χ1) is 9.63. The minimum Gasteiger partial charge on any atom is -0.366 e. The maximum absolute atomic E-state index is 10.4. The predicted molar refractivity (Wildman–Crippen MR) is 81.8 cm³/mol. The molecular formula is C18H15NO. The topological polar surface area (TPSA) is 43.1 Å². The molecule has 20 heavy (non-hydrogen) atoms. The average Bonchev–Trinajstić information content (AvgIpc) is 2.48. The number of hydrogen-bond donors (Lipinski definition) is 1. The van der Waals surface area contributed by atoms with Gasteiger partial charge in [0.05, 0.1) is 0 Å². The van der Waals surface area contributed by atoms with Gasteiger partial charge in [-0.25, -0.2) is 0 Å². The molecule has 0 aliphatic carbocycles. The van der Waals surface area contributed by atoms with Gasteiger partial charge < -0.3 is 5.73 Å². The number of terminal acetylenes is 1. The van der Waals surface area contributed by atoms with E-state index in [9.17, 15) is 4.79 Å². The van der Waals surface area contributed by atoms with Crippen LogP contribution in [0.4, 0.5) is 0 Å². The monoisotopic (exact) mass is 261 g/mol. The lowest BCUT2D eigenvalue weighted by Gasteiger charge is -1.89. The van der Waals surface area contributed by atoms with Crippen molar-refractivity contribution in [1.82, 2.24) is 0 Å². The van der Waals surface area contributed by atoms with E-state index in [4.69, 9.17) is 12.2 Å². The minimum absolute atomic E-state index is 0.379. The van der Waals surface area contributed by atoms with E-state index in [2.05, 4.69) is 17.8 Å². The Morgan fingerprint density at radius 1 is 1.05 bits per heavy atom. The number of carbonyl (C=O) groups excluding carboxylic acids is 1. The van der Waals surface area contributed by atoms with E-state index in [-0.39, 0.29) is 5.91 Å². The summed E-state index contributed by atoms with van der Waals surface area (Å²) in [6, 6.07) is 16.7. The molecule has 0 bridgehead atoms. The molecule has 2 rings (SSSR count). The first kappa shape index (κ1) is 15.1. The number of hydrogen-bond acceptors (Lipinski definition) is 1. The molecule has 2 N–H and O–H groups in total. The van der Waals surface area contributed by atoms with Gasteiger partial charge in [-0.05, 0) is 43.0 Å². The summed E-state index contributed by atoms with van der Waals surface area (Å²) in [5.74, 6) is 7.29. The first-order valence-corrected chi connectivity index (χ1v) is 6.01. The van der Waals surface area contributed by atoms with E-state index < -0.39 is 0 Å². The van der Waals surface area contributed by atoms with Crippen LogP contribution < -0.4 is 5.73 Å². The summed E-state index contributed by atoms with van der Waals surface area (Å²) in [6.07, 6.45) is 4.98. The molecule has 0 radical (unpaired) electrons. The van der Waals surface area contributed by atoms with E-state index in [0.717, 1.165) is 5.56 Å². The fourth-order valence-corrected chi connectivity index (χ4v) is 1.35. The molecular weight excluding hydrogens is 246 g/mol. The number of carbonyl (C=O) groups is 1. The van der Waals surface area contributed by atoms with Crippen molar-refractivity contribution in [2.75, 3.05) is 0 Å². The number of benzene rings is 2. The number of aryl methyl sites for hydroxylation is 1. The van der Waals surface area contributed by atoms with E-state index in [1.807, 2.05) is 37.3 Å². The van der Waals surface area contributed by atoms with Gasteiger partial charge in [0, 0.05) is 11.1 Å². The zero-order chi connectivity index (χ0) is 14.8. The third kappa shape index (κ3) is 5.58. The highest BCUT2D eigenvalue weighted by Gasteiger charge is 1.93. The Labute approximate surface area is 119 Å². The summed E-state index contributed by atoms with van der Waals surface area (Å²) in [4.78, 5) is 10.4. The number of primary amides is 1. The van der Waals surface area contributed by atoms with Gasteiger partial charge in [-0.1, -0.05) is 41.8 Å². The first-order valence-electron chi connectivity index (χ1n) is 6.01. The van der Waals surface area contributed by atoms with Crippen molar-refractivity contribution in [2.45, 2.75) is 6.92 Å². The molecule has 2 aromatic rings. The minimum atomic E-state index is -0.379. The maximum Gasteiger partial charge on any atom is 0.248 e. The van der Waals surface area contributed by atoms with Crippen LogP contribution in [0.2, 0.25) is 0 Å². The van der Waals surface area contributed by atoms with E-state index in [1.165, 1.54) is 5.56 Å². The van der Waals surface area contributed by atoms with Crippen molar-refractivity contribution in [3.63, 3.8) is 0 Å².